The molecule has 3 N–H and O–H groups in total. The molecule has 0 aliphatic heterocycles. The average molecular weight is 945 g/mol. The van der Waals surface area contributed by atoms with E-state index in [2.05, 4.69) is 77.0 Å². The van der Waals surface area contributed by atoms with Gasteiger partial charge in [-0.15, -0.1) is 22.7 Å². The number of carbonyl (C=O) groups is 3. The van der Waals surface area contributed by atoms with E-state index in [9.17, 15) is 14.4 Å². The maximum atomic E-state index is 13.6. The second kappa shape index (κ2) is 22.9. The first-order valence-corrected chi connectivity index (χ1v) is 24.5. The molecule has 0 fully saturated rings. The molecular formula is C36H46I2N6O4S2. The van der Waals surface area contributed by atoms with Crippen LogP contribution in [0.1, 0.15) is 72.7 Å². The molecule has 14 heteroatoms. The number of rotatable bonds is 17. The van der Waals surface area contributed by atoms with Crippen molar-refractivity contribution in [3.63, 3.8) is 0 Å². The van der Waals surface area contributed by atoms with Gasteiger partial charge in [-0.2, -0.15) is 0 Å². The van der Waals surface area contributed by atoms with E-state index in [4.69, 9.17) is 4.74 Å². The van der Waals surface area contributed by atoms with Gasteiger partial charge < -0.3 is 25.6 Å². The Labute approximate surface area is 326 Å². The van der Waals surface area contributed by atoms with Crippen molar-refractivity contribution in [2.75, 3.05) is 7.05 Å². The molecule has 4 aromatic rings. The number of carbonyl (C=O) groups excluding carboxylic acids is 3. The van der Waals surface area contributed by atoms with Crippen LogP contribution in [0.15, 0.2) is 77.8 Å². The van der Waals surface area contributed by atoms with E-state index in [1.165, 1.54) is 11.3 Å². The Hall–Kier alpha value is -2.83. The van der Waals surface area contributed by atoms with Crippen molar-refractivity contribution in [2.24, 2.45) is 0 Å². The van der Waals surface area contributed by atoms with Gasteiger partial charge in [0.25, 0.3) is 0 Å². The van der Waals surface area contributed by atoms with Crippen molar-refractivity contribution in [1.82, 2.24) is 30.8 Å². The molecule has 10 nitrogen and oxygen atoms in total. The third-order valence-electron chi connectivity index (χ3n) is 7.84. The minimum atomic E-state index is -0.708. The van der Waals surface area contributed by atoms with Crippen LogP contribution < -0.4 is 16.0 Å². The van der Waals surface area contributed by atoms with Gasteiger partial charge in [-0.05, 0) is 43.2 Å². The number of aromatic nitrogens is 2. The second-order valence-electron chi connectivity index (χ2n) is 12.1. The predicted molar refractivity (Wildman–Crippen MR) is 219 cm³/mol. The molecule has 4 amide bonds. The molecule has 0 spiro atoms. The number of halogens is 2. The predicted octanol–water partition coefficient (Wildman–Crippen LogP) is 8.46. The van der Waals surface area contributed by atoms with Gasteiger partial charge in [0, 0.05) is 73.9 Å². The number of urea groups is 1. The van der Waals surface area contributed by atoms with E-state index in [1.807, 2.05) is 73.0 Å². The highest BCUT2D eigenvalue weighted by Crippen LogP contribution is 2.20. The zero-order valence-electron chi connectivity index (χ0n) is 28.8. The number of hydrogen-bond donors (Lipinski definition) is 3. The van der Waals surface area contributed by atoms with E-state index in [0.717, 1.165) is 26.7 Å². The van der Waals surface area contributed by atoms with Crippen LogP contribution in [0.25, 0.3) is 0 Å². The van der Waals surface area contributed by atoms with Gasteiger partial charge in [0.2, 0.25) is 5.91 Å². The second-order valence-corrected chi connectivity index (χ2v) is 14.0. The van der Waals surface area contributed by atoms with Crippen LogP contribution in [-0.2, 0) is 35.5 Å². The molecule has 0 aliphatic rings. The summed E-state index contributed by atoms with van der Waals surface area (Å²) in [6.45, 7) is 6.57. The zero-order chi connectivity index (χ0) is 36.3. The highest BCUT2D eigenvalue weighted by atomic mass is 128. The van der Waals surface area contributed by atoms with Gasteiger partial charge in [-0.25, -0.2) is 14.6 Å². The number of alkyl carbamates (subject to hydrolysis) is 1. The van der Waals surface area contributed by atoms with Gasteiger partial charge >= 0.3 is 12.1 Å². The number of hydrogen-bond acceptors (Lipinski definition) is 8. The number of benzene rings is 2. The number of amides is 4. The first kappa shape index (κ1) is 41.6. The number of nitrogens with zero attached hydrogens (tertiary/aromatic N) is 3. The van der Waals surface area contributed by atoms with Crippen molar-refractivity contribution < 1.29 is 19.1 Å². The molecule has 0 unspecified atom stereocenters. The van der Waals surface area contributed by atoms with E-state index in [-0.39, 0.29) is 30.6 Å². The molecule has 2 aromatic heterocycles. The lowest BCUT2D eigenvalue weighted by Crippen LogP contribution is -2.52. The van der Waals surface area contributed by atoms with Crippen LogP contribution in [0.4, 0.5) is 9.59 Å². The molecule has 0 aliphatic carbocycles. The molecule has 0 bridgehead atoms. The lowest BCUT2D eigenvalue weighted by atomic mass is 9.95. The molecule has 0 radical (unpaired) electrons. The van der Waals surface area contributed by atoms with Crippen molar-refractivity contribution in [3.05, 3.63) is 104 Å². The Bertz CT molecular complexity index is 1560. The Kier molecular flexibility index (Phi) is 19.0. The molecule has 2 heterocycles. The van der Waals surface area contributed by atoms with Crippen molar-refractivity contribution in [3.8, 4) is 0 Å². The molecule has 50 heavy (non-hydrogen) atoms. The first-order chi connectivity index (χ1) is 24.2. The third kappa shape index (κ3) is 14.8. The van der Waals surface area contributed by atoms with Crippen molar-refractivity contribution >= 4 is 77.9 Å². The number of ether oxygens (including phenoxy) is 1. The van der Waals surface area contributed by atoms with E-state index < -0.39 is 12.1 Å². The summed E-state index contributed by atoms with van der Waals surface area (Å²) in [6.07, 6.45) is 4.03. The Morgan fingerprint density at radius 1 is 0.880 bits per heavy atom. The molecule has 3 atom stereocenters. The Morgan fingerprint density at radius 3 is 2.00 bits per heavy atom. The average Bonchev–Trinajstić information content (AvgIpc) is 3.83. The van der Waals surface area contributed by atoms with Gasteiger partial charge in [0.1, 0.15) is 12.6 Å². The maximum Gasteiger partial charge on any atom is 0.407 e. The van der Waals surface area contributed by atoms with Crippen molar-refractivity contribution in [1.29, 1.82) is 0 Å². The van der Waals surface area contributed by atoms with E-state index >= 15 is 0 Å². The Balaban J connectivity index is 0.00000332. The van der Waals surface area contributed by atoms with Gasteiger partial charge in [-0.3, -0.25) is 9.78 Å². The summed E-state index contributed by atoms with van der Waals surface area (Å²) in [7, 11) is 1.70. The highest BCUT2D eigenvalue weighted by Gasteiger charge is 2.25. The summed E-state index contributed by atoms with van der Waals surface area (Å²) < 4.78 is 5.48. The minimum Gasteiger partial charge on any atom is -0.444 e. The maximum absolute atomic E-state index is 13.6. The lowest BCUT2D eigenvalue weighted by molar-refractivity contribution is -0.123. The fourth-order valence-electron chi connectivity index (χ4n) is 5.20. The van der Waals surface area contributed by atoms with Crippen LogP contribution >= 0.6 is 59.9 Å². The third-order valence-corrected chi connectivity index (χ3v) is 9.79. The standard InChI is InChI=1S/C36H46N6O4S2.I2/c1-5-32(41-35(44)42(4)21-30-23-47-34(39-30)25(2)3)33(43)38-28(18-26-12-8-6-9-13-26)16-17-29(19-27-14-10-7-11-15-27)40-36(45)46-22-31-20-37-24-48-31;1-2/h6-15,20,23-25,28-29,32H,5,16-19,21-22H2,1-4H3,(H,38,43)(H,40,45)(H,41,44);/t28-,29-,32+;/m1./s1. The van der Waals surface area contributed by atoms with Crippen molar-refractivity contribution in [2.45, 2.75) is 90.1 Å². The van der Waals surface area contributed by atoms with Crippen LogP contribution in [-0.4, -0.2) is 58.1 Å². The van der Waals surface area contributed by atoms with Crippen LogP contribution in [0.3, 0.4) is 0 Å². The molecular weight excluding hydrogens is 898 g/mol. The van der Waals surface area contributed by atoms with Crippen LogP contribution in [0, 0.1) is 0 Å². The lowest BCUT2D eigenvalue weighted by Gasteiger charge is -2.26. The Morgan fingerprint density at radius 2 is 1.48 bits per heavy atom. The highest BCUT2D eigenvalue weighted by molar-refractivity contribution is 15.0. The molecule has 0 saturated carbocycles. The van der Waals surface area contributed by atoms with Gasteiger partial charge in [-0.1, -0.05) is 81.4 Å². The summed E-state index contributed by atoms with van der Waals surface area (Å²) in [5, 5.41) is 12.2. The summed E-state index contributed by atoms with van der Waals surface area (Å²) in [5.74, 6) is 0.0831. The van der Waals surface area contributed by atoms with Crippen LogP contribution in [0.5, 0.6) is 0 Å². The zero-order valence-corrected chi connectivity index (χ0v) is 34.8. The SMILES string of the molecule is CC[C@H](NC(=O)N(C)Cc1csc(C(C)C)n1)C(=O)N[C@H](CC[C@H](Cc1ccccc1)NC(=O)OCc1cncs1)Cc1ccccc1.II. The monoisotopic (exact) mass is 944 g/mol. The molecule has 270 valence electrons. The number of nitrogens with one attached hydrogen (secondary N) is 3. The number of thiazole rings is 2. The fourth-order valence-corrected chi connectivity index (χ4v) is 6.53. The minimum absolute atomic E-state index is 0.156. The molecule has 2 aromatic carbocycles. The topological polar surface area (TPSA) is 126 Å². The summed E-state index contributed by atoms with van der Waals surface area (Å²) in [6, 6.07) is 18.5. The fraction of sp³-hybridized carbons (Fsp3) is 0.417. The smallest absolute Gasteiger partial charge is 0.407 e. The largest absolute Gasteiger partial charge is 0.444 e. The molecule has 0 saturated heterocycles. The summed E-state index contributed by atoms with van der Waals surface area (Å²) in [4.78, 5) is 50.6. The summed E-state index contributed by atoms with van der Waals surface area (Å²) >= 11 is 7.26. The normalized spacial score (nSPS) is 12.5. The quantitative estimate of drug-likeness (QED) is 0.0914. The molecule has 4 rings (SSSR count). The van der Waals surface area contributed by atoms with Gasteiger partial charge in [0.05, 0.1) is 27.6 Å². The first-order valence-electron chi connectivity index (χ1n) is 16.5. The summed E-state index contributed by atoms with van der Waals surface area (Å²) in [5.41, 5.74) is 4.70. The van der Waals surface area contributed by atoms with E-state index in [1.54, 1.807) is 35.0 Å². The van der Waals surface area contributed by atoms with Crippen LogP contribution in [0.2, 0.25) is 0 Å². The van der Waals surface area contributed by atoms with E-state index in [0.29, 0.717) is 44.6 Å². The van der Waals surface area contributed by atoms with Gasteiger partial charge in [0.15, 0.2) is 0 Å².